The van der Waals surface area contributed by atoms with Gasteiger partial charge in [-0.2, -0.15) is 0 Å². The first-order valence-electron chi connectivity index (χ1n) is 7.19. The molecule has 0 radical (unpaired) electrons. The molecule has 2 N–H and O–H groups in total. The molecule has 104 valence electrons. The Morgan fingerprint density at radius 3 is 2.63 bits per heavy atom. The molecule has 1 aliphatic carbocycles. The highest BCUT2D eigenvalue weighted by Gasteiger charge is 2.19. The van der Waals surface area contributed by atoms with Crippen LogP contribution in [0.5, 0.6) is 0 Å². The van der Waals surface area contributed by atoms with Crippen molar-refractivity contribution in [3.05, 3.63) is 35.4 Å². The molecule has 1 aromatic carbocycles. The van der Waals surface area contributed by atoms with Crippen LogP contribution in [-0.2, 0) is 11.3 Å². The van der Waals surface area contributed by atoms with Crippen LogP contribution in [-0.4, -0.2) is 17.6 Å². The lowest BCUT2D eigenvalue weighted by molar-refractivity contribution is -0.138. The van der Waals surface area contributed by atoms with Crippen LogP contribution in [0.2, 0.25) is 0 Å². The van der Waals surface area contributed by atoms with E-state index in [0.717, 1.165) is 24.6 Å². The summed E-state index contributed by atoms with van der Waals surface area (Å²) < 4.78 is 0. The van der Waals surface area contributed by atoms with E-state index in [9.17, 15) is 4.79 Å². The van der Waals surface area contributed by atoms with Crippen molar-refractivity contribution in [3.63, 3.8) is 0 Å². The Bertz CT molecular complexity index is 409. The Hall–Kier alpha value is -1.35. The van der Waals surface area contributed by atoms with E-state index in [4.69, 9.17) is 5.11 Å². The fourth-order valence-corrected chi connectivity index (χ4v) is 2.22. The number of hydrogen-bond acceptors (Lipinski definition) is 2. The van der Waals surface area contributed by atoms with E-state index in [2.05, 4.69) is 5.32 Å². The molecule has 0 amide bonds. The van der Waals surface area contributed by atoms with Gasteiger partial charge in [-0.1, -0.05) is 37.1 Å². The Kier molecular flexibility index (Phi) is 4.97. The van der Waals surface area contributed by atoms with Crippen molar-refractivity contribution >= 4 is 5.97 Å². The molecule has 1 fully saturated rings. The minimum atomic E-state index is -0.772. The van der Waals surface area contributed by atoms with E-state index >= 15 is 0 Å². The van der Waals surface area contributed by atoms with E-state index in [0.29, 0.717) is 0 Å². The van der Waals surface area contributed by atoms with Gasteiger partial charge >= 0.3 is 5.97 Å². The molecule has 0 saturated heterocycles. The predicted molar refractivity (Wildman–Crippen MR) is 76.2 cm³/mol. The van der Waals surface area contributed by atoms with Gasteiger partial charge in [-0.15, -0.1) is 0 Å². The van der Waals surface area contributed by atoms with Crippen molar-refractivity contribution in [3.8, 4) is 0 Å². The SMILES string of the molecule is CC(C(=O)O)c1ccc(CNCCCC2CC2)cc1. The van der Waals surface area contributed by atoms with Gasteiger partial charge in [0.25, 0.3) is 0 Å². The molecule has 1 aliphatic rings. The molecule has 0 heterocycles. The largest absolute Gasteiger partial charge is 0.481 e. The van der Waals surface area contributed by atoms with Crippen LogP contribution < -0.4 is 5.32 Å². The molecule has 19 heavy (non-hydrogen) atoms. The van der Waals surface area contributed by atoms with Gasteiger partial charge in [0.15, 0.2) is 0 Å². The van der Waals surface area contributed by atoms with Crippen LogP contribution in [0.25, 0.3) is 0 Å². The minimum Gasteiger partial charge on any atom is -0.481 e. The minimum absolute atomic E-state index is 0.430. The van der Waals surface area contributed by atoms with Gasteiger partial charge in [0, 0.05) is 6.54 Å². The maximum absolute atomic E-state index is 10.9. The second-order valence-corrected chi connectivity index (χ2v) is 5.56. The van der Waals surface area contributed by atoms with Gasteiger partial charge in [-0.25, -0.2) is 0 Å². The number of carbonyl (C=O) groups is 1. The normalized spacial score (nSPS) is 16.3. The lowest BCUT2D eigenvalue weighted by atomic mass is 10.00. The summed E-state index contributed by atoms with van der Waals surface area (Å²) in [5.41, 5.74) is 2.08. The van der Waals surface area contributed by atoms with Crippen molar-refractivity contribution in [1.82, 2.24) is 5.32 Å². The van der Waals surface area contributed by atoms with Gasteiger partial charge in [-0.3, -0.25) is 4.79 Å². The van der Waals surface area contributed by atoms with Gasteiger partial charge in [-0.05, 0) is 43.4 Å². The molecule has 1 atom stereocenters. The first kappa shape index (κ1) is 14.1. The fraction of sp³-hybridized carbons (Fsp3) is 0.562. The zero-order chi connectivity index (χ0) is 13.7. The molecule has 1 aromatic rings. The van der Waals surface area contributed by atoms with E-state index in [1.807, 2.05) is 24.3 Å². The monoisotopic (exact) mass is 261 g/mol. The van der Waals surface area contributed by atoms with Crippen LogP contribution in [0, 0.1) is 5.92 Å². The van der Waals surface area contributed by atoms with E-state index < -0.39 is 11.9 Å². The van der Waals surface area contributed by atoms with Gasteiger partial charge in [0.1, 0.15) is 0 Å². The van der Waals surface area contributed by atoms with Crippen molar-refractivity contribution < 1.29 is 9.90 Å². The molecule has 1 saturated carbocycles. The molecule has 0 bridgehead atoms. The number of benzene rings is 1. The van der Waals surface area contributed by atoms with Crippen molar-refractivity contribution in [2.24, 2.45) is 5.92 Å². The van der Waals surface area contributed by atoms with Crippen molar-refractivity contribution in [2.75, 3.05) is 6.54 Å². The molecule has 3 nitrogen and oxygen atoms in total. The zero-order valence-corrected chi connectivity index (χ0v) is 11.6. The third-order valence-electron chi connectivity index (χ3n) is 3.84. The first-order chi connectivity index (χ1) is 9.16. The predicted octanol–water partition coefficient (Wildman–Crippen LogP) is 3.15. The summed E-state index contributed by atoms with van der Waals surface area (Å²) in [6, 6.07) is 7.87. The summed E-state index contributed by atoms with van der Waals surface area (Å²) >= 11 is 0. The van der Waals surface area contributed by atoms with Crippen LogP contribution >= 0.6 is 0 Å². The lowest BCUT2D eigenvalue weighted by Crippen LogP contribution is -2.15. The third-order valence-corrected chi connectivity index (χ3v) is 3.84. The Labute approximate surface area is 115 Å². The highest BCUT2D eigenvalue weighted by atomic mass is 16.4. The molecule has 1 unspecified atom stereocenters. The summed E-state index contributed by atoms with van der Waals surface area (Å²) in [6.07, 6.45) is 5.49. The second-order valence-electron chi connectivity index (χ2n) is 5.56. The number of aliphatic carboxylic acids is 1. The average molecular weight is 261 g/mol. The van der Waals surface area contributed by atoms with Crippen LogP contribution in [0.15, 0.2) is 24.3 Å². The Morgan fingerprint density at radius 1 is 1.37 bits per heavy atom. The first-order valence-corrected chi connectivity index (χ1v) is 7.19. The number of rotatable bonds is 8. The standard InChI is InChI=1S/C16H23NO2/c1-12(16(18)19)15-8-6-14(7-9-15)11-17-10-2-3-13-4-5-13/h6-9,12-13,17H,2-5,10-11H2,1H3,(H,18,19). The smallest absolute Gasteiger partial charge is 0.310 e. The summed E-state index contributed by atoms with van der Waals surface area (Å²) in [5, 5.41) is 12.4. The Balaban J connectivity index is 1.70. The highest BCUT2D eigenvalue weighted by Crippen LogP contribution is 2.33. The summed E-state index contributed by atoms with van der Waals surface area (Å²) in [7, 11) is 0. The van der Waals surface area contributed by atoms with Gasteiger partial charge in [0.2, 0.25) is 0 Å². The molecule has 0 aromatic heterocycles. The van der Waals surface area contributed by atoms with Crippen LogP contribution in [0.3, 0.4) is 0 Å². The zero-order valence-electron chi connectivity index (χ0n) is 11.6. The fourth-order valence-electron chi connectivity index (χ4n) is 2.22. The maximum atomic E-state index is 10.9. The topological polar surface area (TPSA) is 49.3 Å². The van der Waals surface area contributed by atoms with E-state index in [1.54, 1.807) is 6.92 Å². The van der Waals surface area contributed by atoms with Crippen LogP contribution in [0.1, 0.15) is 49.7 Å². The molecule has 0 spiro atoms. The maximum Gasteiger partial charge on any atom is 0.310 e. The number of carboxylic acid groups (broad SMARTS) is 1. The number of carboxylic acids is 1. The summed E-state index contributed by atoms with van der Waals surface area (Å²) in [5.74, 6) is -0.190. The average Bonchev–Trinajstić information content (AvgIpc) is 3.22. The molecule has 2 rings (SSSR count). The molecular weight excluding hydrogens is 238 g/mol. The Morgan fingerprint density at radius 2 is 2.05 bits per heavy atom. The van der Waals surface area contributed by atoms with Gasteiger partial charge in [0.05, 0.1) is 5.92 Å². The van der Waals surface area contributed by atoms with Gasteiger partial charge < -0.3 is 10.4 Å². The molecule has 3 heteroatoms. The second kappa shape index (κ2) is 6.71. The van der Waals surface area contributed by atoms with Crippen LogP contribution in [0.4, 0.5) is 0 Å². The molecule has 0 aliphatic heterocycles. The highest BCUT2D eigenvalue weighted by molar-refractivity contribution is 5.75. The number of hydrogen-bond donors (Lipinski definition) is 2. The summed E-state index contributed by atoms with van der Waals surface area (Å²) in [6.45, 7) is 3.66. The summed E-state index contributed by atoms with van der Waals surface area (Å²) in [4.78, 5) is 10.9. The molecular formula is C16H23NO2. The van der Waals surface area contributed by atoms with Crippen molar-refractivity contribution in [1.29, 1.82) is 0 Å². The van der Waals surface area contributed by atoms with Crippen molar-refractivity contribution in [2.45, 2.75) is 45.1 Å². The lowest BCUT2D eigenvalue weighted by Gasteiger charge is -2.08. The third kappa shape index (κ3) is 4.67. The quantitative estimate of drug-likeness (QED) is 0.707. The number of nitrogens with one attached hydrogen (secondary N) is 1. The van der Waals surface area contributed by atoms with E-state index in [-0.39, 0.29) is 0 Å². The van der Waals surface area contributed by atoms with E-state index in [1.165, 1.54) is 31.2 Å².